The van der Waals surface area contributed by atoms with Gasteiger partial charge >= 0.3 is 0 Å². The first-order valence-corrected chi connectivity index (χ1v) is 5.26. The molecule has 1 heterocycles. The molecule has 0 bridgehead atoms. The van der Waals surface area contributed by atoms with Crippen LogP contribution in [0.15, 0.2) is 35.3 Å². The Morgan fingerprint density at radius 3 is 2.94 bits per heavy atom. The number of hydrogen-bond donors (Lipinski definition) is 2. The van der Waals surface area contributed by atoms with Gasteiger partial charge in [-0.2, -0.15) is 0 Å². The molecule has 2 rings (SSSR count). The number of hydrogen-bond acceptors (Lipinski definition) is 2. The molecule has 1 aromatic heterocycles. The molecule has 0 saturated carbocycles. The minimum Gasteiger partial charge on any atom is -0.396 e. The van der Waals surface area contributed by atoms with Gasteiger partial charge in [-0.3, -0.25) is 9.89 Å². The second-order valence-electron chi connectivity index (χ2n) is 3.39. The molecule has 0 unspecified atom stereocenters. The average Bonchev–Trinajstić information content (AvgIpc) is 2.61. The zero-order valence-corrected chi connectivity index (χ0v) is 9.24. The average molecular weight is 239 g/mol. The van der Waals surface area contributed by atoms with Crippen LogP contribution in [0.25, 0.3) is 5.69 Å². The van der Waals surface area contributed by atoms with E-state index in [1.54, 1.807) is 30.5 Å². The van der Waals surface area contributed by atoms with Crippen LogP contribution in [0.3, 0.4) is 0 Å². The summed E-state index contributed by atoms with van der Waals surface area (Å²) in [5, 5.41) is 12.2. The normalized spacial score (nSPS) is 10.6. The number of halogens is 1. The van der Waals surface area contributed by atoms with Gasteiger partial charge in [0.15, 0.2) is 0 Å². The van der Waals surface area contributed by atoms with E-state index in [1.165, 1.54) is 4.68 Å². The second-order valence-corrected chi connectivity index (χ2v) is 3.83. The van der Waals surface area contributed by atoms with Crippen molar-refractivity contribution >= 4 is 11.6 Å². The van der Waals surface area contributed by atoms with Crippen molar-refractivity contribution in [1.82, 2.24) is 9.78 Å². The summed E-state index contributed by atoms with van der Waals surface area (Å²) in [7, 11) is 0. The molecule has 1 aromatic carbocycles. The van der Waals surface area contributed by atoms with Crippen molar-refractivity contribution in [3.63, 3.8) is 0 Å². The number of aliphatic hydroxyl groups is 1. The van der Waals surface area contributed by atoms with Crippen LogP contribution in [0.5, 0.6) is 0 Å². The molecule has 0 aliphatic rings. The number of aliphatic hydroxyl groups excluding tert-OH is 1. The summed E-state index contributed by atoms with van der Waals surface area (Å²) in [5.74, 6) is 0. The van der Waals surface area contributed by atoms with Gasteiger partial charge in [0.2, 0.25) is 0 Å². The monoisotopic (exact) mass is 238 g/mol. The third kappa shape index (κ3) is 2.03. The molecule has 2 N–H and O–H groups in total. The van der Waals surface area contributed by atoms with Crippen LogP contribution in [0.1, 0.15) is 5.56 Å². The van der Waals surface area contributed by atoms with Crippen LogP contribution < -0.4 is 5.56 Å². The van der Waals surface area contributed by atoms with Gasteiger partial charge in [-0.15, -0.1) is 0 Å². The van der Waals surface area contributed by atoms with Gasteiger partial charge in [-0.1, -0.05) is 17.7 Å². The number of rotatable bonds is 3. The molecular weight excluding hydrogens is 228 g/mol. The Bertz CT molecular complexity index is 545. The van der Waals surface area contributed by atoms with Crippen molar-refractivity contribution < 1.29 is 5.11 Å². The molecule has 2 aromatic rings. The van der Waals surface area contributed by atoms with Gasteiger partial charge in [0, 0.05) is 29.8 Å². The molecule has 4 nitrogen and oxygen atoms in total. The van der Waals surface area contributed by atoms with Crippen molar-refractivity contribution in [2.75, 3.05) is 6.61 Å². The Morgan fingerprint density at radius 2 is 2.25 bits per heavy atom. The topological polar surface area (TPSA) is 58.0 Å². The molecule has 0 amide bonds. The fourth-order valence-electron chi connectivity index (χ4n) is 1.51. The van der Waals surface area contributed by atoms with Crippen LogP contribution >= 0.6 is 11.6 Å². The molecular formula is C11H11ClN2O2. The second kappa shape index (κ2) is 4.55. The maximum Gasteiger partial charge on any atom is 0.274 e. The Morgan fingerprint density at radius 1 is 1.44 bits per heavy atom. The molecule has 0 fully saturated rings. The van der Waals surface area contributed by atoms with E-state index in [9.17, 15) is 4.79 Å². The first kappa shape index (κ1) is 11.0. The zero-order valence-electron chi connectivity index (χ0n) is 8.48. The predicted molar refractivity (Wildman–Crippen MR) is 62.2 cm³/mol. The minimum absolute atomic E-state index is 0.0390. The molecule has 0 atom stereocenters. The summed E-state index contributed by atoms with van der Waals surface area (Å²) in [6.07, 6.45) is 1.95. The van der Waals surface area contributed by atoms with Crippen molar-refractivity contribution in [3.8, 4) is 5.69 Å². The molecule has 0 spiro atoms. The van der Waals surface area contributed by atoms with Gasteiger partial charge in [-0.05, 0) is 18.2 Å². The number of H-pyrrole nitrogens is 1. The van der Waals surface area contributed by atoms with E-state index < -0.39 is 0 Å². The summed E-state index contributed by atoms with van der Waals surface area (Å²) in [5.41, 5.74) is 1.08. The van der Waals surface area contributed by atoms with E-state index in [2.05, 4.69) is 5.10 Å². The Balaban J connectivity index is 2.45. The first-order valence-electron chi connectivity index (χ1n) is 4.88. The predicted octanol–water partition coefficient (Wildman–Crippen LogP) is 1.35. The Labute approximate surface area is 97.1 Å². The smallest absolute Gasteiger partial charge is 0.274 e. The van der Waals surface area contributed by atoms with Crippen LogP contribution in [0.4, 0.5) is 0 Å². The highest BCUT2D eigenvalue weighted by Crippen LogP contribution is 2.12. The summed E-state index contributed by atoms with van der Waals surface area (Å²) < 4.78 is 1.40. The first-order chi connectivity index (χ1) is 7.72. The van der Waals surface area contributed by atoms with Crippen LogP contribution in [-0.2, 0) is 6.42 Å². The number of nitrogens with zero attached hydrogens (tertiary/aromatic N) is 1. The number of aromatic amines is 1. The molecule has 0 aliphatic heterocycles. The molecule has 0 aliphatic carbocycles. The van der Waals surface area contributed by atoms with Gasteiger partial charge in [0.25, 0.3) is 5.56 Å². The van der Waals surface area contributed by atoms with Crippen LogP contribution in [-0.4, -0.2) is 21.5 Å². The Hall–Kier alpha value is -1.52. The highest BCUT2D eigenvalue weighted by atomic mass is 35.5. The summed E-state index contributed by atoms with van der Waals surface area (Å²) in [6, 6.07) is 7.00. The quantitative estimate of drug-likeness (QED) is 0.848. The highest BCUT2D eigenvalue weighted by Gasteiger charge is 2.07. The van der Waals surface area contributed by atoms with E-state index in [0.717, 1.165) is 0 Å². The number of nitrogens with one attached hydrogen (secondary N) is 1. The third-order valence-electron chi connectivity index (χ3n) is 2.29. The molecule has 0 radical (unpaired) electrons. The Kier molecular flexibility index (Phi) is 3.12. The third-order valence-corrected chi connectivity index (χ3v) is 2.53. The lowest BCUT2D eigenvalue weighted by Crippen LogP contribution is -2.17. The van der Waals surface area contributed by atoms with E-state index in [1.807, 2.05) is 0 Å². The SMILES string of the molecule is O=c1c(CCO)c[nH]n1-c1cccc(Cl)c1. The molecule has 84 valence electrons. The van der Waals surface area contributed by atoms with Gasteiger partial charge in [-0.25, -0.2) is 4.68 Å². The van der Waals surface area contributed by atoms with E-state index >= 15 is 0 Å². The number of aromatic nitrogens is 2. The van der Waals surface area contributed by atoms with E-state index in [-0.39, 0.29) is 12.2 Å². The van der Waals surface area contributed by atoms with Gasteiger partial charge in [0.1, 0.15) is 0 Å². The lowest BCUT2D eigenvalue weighted by atomic mass is 10.2. The van der Waals surface area contributed by atoms with E-state index in [0.29, 0.717) is 22.7 Å². The maximum absolute atomic E-state index is 11.8. The standard InChI is InChI=1S/C11H11ClN2O2/c12-9-2-1-3-10(6-9)14-11(16)8(4-5-15)7-13-14/h1-3,6-7,13,15H,4-5H2. The van der Waals surface area contributed by atoms with Crippen LogP contribution in [0.2, 0.25) is 5.02 Å². The maximum atomic E-state index is 11.8. The van der Waals surface area contributed by atoms with Crippen molar-refractivity contribution in [2.45, 2.75) is 6.42 Å². The minimum atomic E-state index is -0.156. The van der Waals surface area contributed by atoms with E-state index in [4.69, 9.17) is 16.7 Å². The van der Waals surface area contributed by atoms with Crippen LogP contribution in [0, 0.1) is 0 Å². The summed E-state index contributed by atoms with van der Waals surface area (Å²) in [6.45, 7) is -0.0390. The lowest BCUT2D eigenvalue weighted by Gasteiger charge is -2.00. The summed E-state index contributed by atoms with van der Waals surface area (Å²) in [4.78, 5) is 11.8. The van der Waals surface area contributed by atoms with Gasteiger partial charge in [0.05, 0.1) is 5.69 Å². The lowest BCUT2D eigenvalue weighted by molar-refractivity contribution is 0.299. The fourth-order valence-corrected chi connectivity index (χ4v) is 1.70. The van der Waals surface area contributed by atoms with Gasteiger partial charge < -0.3 is 5.11 Å². The van der Waals surface area contributed by atoms with Crippen molar-refractivity contribution in [1.29, 1.82) is 0 Å². The van der Waals surface area contributed by atoms with Crippen molar-refractivity contribution in [2.24, 2.45) is 0 Å². The zero-order chi connectivity index (χ0) is 11.5. The largest absolute Gasteiger partial charge is 0.396 e. The fraction of sp³-hybridized carbons (Fsp3) is 0.182. The molecule has 0 saturated heterocycles. The highest BCUT2D eigenvalue weighted by molar-refractivity contribution is 6.30. The summed E-state index contributed by atoms with van der Waals surface area (Å²) >= 11 is 5.85. The molecule has 5 heteroatoms. The van der Waals surface area contributed by atoms with Crippen molar-refractivity contribution in [3.05, 3.63) is 51.4 Å². The molecule has 16 heavy (non-hydrogen) atoms. The number of benzene rings is 1.